The Balaban J connectivity index is 2.06. The van der Waals surface area contributed by atoms with E-state index in [2.05, 4.69) is 46.9 Å². The van der Waals surface area contributed by atoms with Gasteiger partial charge in [0.25, 0.3) is 0 Å². The van der Waals surface area contributed by atoms with Gasteiger partial charge in [0.2, 0.25) is 0 Å². The van der Waals surface area contributed by atoms with E-state index in [9.17, 15) is 13.0 Å². The smallest absolute Gasteiger partial charge is 0.173 e. The second kappa shape index (κ2) is 7.30. The molecule has 0 amide bonds. The number of halogens is 1. The lowest BCUT2D eigenvalue weighted by Gasteiger charge is -2.08. The lowest BCUT2D eigenvalue weighted by Crippen LogP contribution is -2.34. The van der Waals surface area contributed by atoms with Gasteiger partial charge in [-0.05, 0) is 11.6 Å². The third-order valence-electron chi connectivity index (χ3n) is 2.91. The van der Waals surface area contributed by atoms with Gasteiger partial charge in [0.15, 0.2) is 29.2 Å². The molecule has 0 unspecified atom stereocenters. The lowest BCUT2D eigenvalue weighted by atomic mass is 10.1. The van der Waals surface area contributed by atoms with Crippen molar-refractivity contribution in [1.82, 2.24) is 4.72 Å². The van der Waals surface area contributed by atoms with E-state index in [1.54, 1.807) is 6.07 Å². The van der Waals surface area contributed by atoms with Crippen molar-refractivity contribution in [3.8, 4) is 0 Å². The summed E-state index contributed by atoms with van der Waals surface area (Å²) >= 11 is 2.32. The molecule has 2 aromatic rings. The molecule has 5 nitrogen and oxygen atoms in total. The molecular weight excluding hydrogens is 403 g/mol. The summed E-state index contributed by atoms with van der Waals surface area (Å²) < 4.78 is 36.6. The van der Waals surface area contributed by atoms with Gasteiger partial charge < -0.3 is 4.55 Å². The van der Waals surface area contributed by atoms with E-state index >= 15 is 0 Å². The van der Waals surface area contributed by atoms with Gasteiger partial charge in [-0.2, -0.15) is 0 Å². The average Bonchev–Trinajstić information content (AvgIpc) is 2.46. The number of hydrogen-bond acceptors (Lipinski definition) is 3. The van der Waals surface area contributed by atoms with Crippen LogP contribution in [-0.2, 0) is 27.8 Å². The van der Waals surface area contributed by atoms with Crippen LogP contribution in [0.2, 0.25) is 0 Å². The van der Waals surface area contributed by atoms with Crippen LogP contribution in [0.4, 0.5) is 0 Å². The number of pyridine rings is 1. The fourth-order valence-corrected chi connectivity index (χ4v) is 2.75. The van der Waals surface area contributed by atoms with Gasteiger partial charge in [0.05, 0.1) is 0 Å². The summed E-state index contributed by atoms with van der Waals surface area (Å²) in [5, 5.41) is 0. The van der Waals surface area contributed by atoms with E-state index in [4.69, 9.17) is 0 Å². The first kappa shape index (κ1) is 16.3. The Morgan fingerprint density at radius 3 is 2.38 bits per heavy atom. The number of nitrogens with one attached hydrogen (secondary N) is 1. The first-order valence-corrected chi connectivity index (χ1v) is 9.22. The van der Waals surface area contributed by atoms with Crippen LogP contribution >= 0.6 is 22.6 Å². The van der Waals surface area contributed by atoms with Crippen LogP contribution in [0.3, 0.4) is 0 Å². The minimum atomic E-state index is -4.41. The largest absolute Gasteiger partial charge is 0.735 e. The molecule has 1 aromatic heterocycles. The van der Waals surface area contributed by atoms with E-state index in [0.717, 1.165) is 15.6 Å². The Labute approximate surface area is 138 Å². The Hall–Kier alpha value is -1.03. The van der Waals surface area contributed by atoms with E-state index in [-0.39, 0.29) is 6.54 Å². The molecule has 21 heavy (non-hydrogen) atoms. The van der Waals surface area contributed by atoms with Gasteiger partial charge in [-0.3, -0.25) is 0 Å². The van der Waals surface area contributed by atoms with Crippen molar-refractivity contribution < 1.29 is 17.5 Å². The van der Waals surface area contributed by atoms with Crippen molar-refractivity contribution in [3.05, 3.63) is 65.5 Å². The maximum absolute atomic E-state index is 10.6. The van der Waals surface area contributed by atoms with Crippen LogP contribution in [0.1, 0.15) is 16.7 Å². The fourth-order valence-electron chi connectivity index (χ4n) is 1.90. The predicted octanol–water partition coefficient (Wildman–Crippen LogP) is 1.51. The molecule has 0 aliphatic rings. The molecule has 0 aliphatic carbocycles. The van der Waals surface area contributed by atoms with Crippen LogP contribution in [-0.4, -0.2) is 13.0 Å². The molecule has 0 saturated carbocycles. The van der Waals surface area contributed by atoms with E-state index < -0.39 is 10.3 Å². The lowest BCUT2D eigenvalue weighted by molar-refractivity contribution is -0.688. The second-order valence-corrected chi connectivity index (χ2v) is 6.57. The summed E-state index contributed by atoms with van der Waals surface area (Å²) in [7, 11) is -4.41. The van der Waals surface area contributed by atoms with Gasteiger partial charge in [-0.1, -0.05) is 46.9 Å². The molecule has 2 rings (SSSR count). The third-order valence-corrected chi connectivity index (χ3v) is 4.29. The number of rotatable bonds is 6. The zero-order chi connectivity index (χ0) is 15.3. The molecule has 1 N–H and O–H groups in total. The zero-order valence-electron chi connectivity index (χ0n) is 11.2. The Morgan fingerprint density at radius 2 is 1.76 bits per heavy atom. The summed E-state index contributed by atoms with van der Waals surface area (Å²) in [5.41, 5.74) is 3.18. The standard InChI is InChI=1S/C14H15IN2O3S/c15-8-12-3-5-13(6-4-12)10-17-7-1-2-14(11-17)9-16-21(18,19)20/h1-7,11,16H,8-10H2. The predicted molar refractivity (Wildman–Crippen MR) is 86.4 cm³/mol. The second-order valence-electron chi connectivity index (χ2n) is 4.61. The van der Waals surface area contributed by atoms with E-state index in [1.165, 1.54) is 5.56 Å². The summed E-state index contributed by atoms with van der Waals surface area (Å²) in [5.74, 6) is 0. The zero-order valence-corrected chi connectivity index (χ0v) is 14.2. The molecule has 0 spiro atoms. The molecule has 0 saturated heterocycles. The molecule has 0 radical (unpaired) electrons. The molecule has 112 valence electrons. The van der Waals surface area contributed by atoms with Gasteiger partial charge in [-0.25, -0.2) is 17.7 Å². The number of alkyl halides is 1. The molecule has 7 heteroatoms. The van der Waals surface area contributed by atoms with Crippen LogP contribution in [0.5, 0.6) is 0 Å². The van der Waals surface area contributed by atoms with Crippen molar-refractivity contribution in [2.45, 2.75) is 17.5 Å². The van der Waals surface area contributed by atoms with Gasteiger partial charge >= 0.3 is 0 Å². The molecule has 1 aromatic carbocycles. The SMILES string of the molecule is O=S(=O)([O-])NCc1ccc[n+](Cc2ccc(CI)cc2)c1. The number of benzene rings is 1. The minimum Gasteiger partial charge on any atom is -0.735 e. The topological polar surface area (TPSA) is 73.1 Å². The highest BCUT2D eigenvalue weighted by Crippen LogP contribution is 2.08. The highest BCUT2D eigenvalue weighted by molar-refractivity contribution is 14.1. The van der Waals surface area contributed by atoms with Crippen molar-refractivity contribution in [2.24, 2.45) is 0 Å². The van der Waals surface area contributed by atoms with E-state index in [1.807, 2.05) is 27.7 Å². The van der Waals surface area contributed by atoms with Crippen molar-refractivity contribution in [1.29, 1.82) is 0 Å². The normalized spacial score (nSPS) is 11.5. The molecule has 0 fully saturated rings. The van der Waals surface area contributed by atoms with Crippen molar-refractivity contribution >= 4 is 32.9 Å². The summed E-state index contributed by atoms with van der Waals surface area (Å²) in [6, 6.07) is 11.9. The van der Waals surface area contributed by atoms with Crippen LogP contribution in [0.15, 0.2) is 48.8 Å². The van der Waals surface area contributed by atoms with Gasteiger partial charge in [0, 0.05) is 28.2 Å². The molecule has 0 bridgehead atoms. The van der Waals surface area contributed by atoms with Crippen LogP contribution in [0, 0.1) is 0 Å². The third kappa shape index (κ3) is 5.70. The number of hydrogen-bond donors (Lipinski definition) is 1. The highest BCUT2D eigenvalue weighted by Gasteiger charge is 2.05. The monoisotopic (exact) mass is 418 g/mol. The Morgan fingerprint density at radius 1 is 1.10 bits per heavy atom. The summed E-state index contributed by atoms with van der Waals surface area (Å²) in [4.78, 5) is 0. The Bertz CT molecular complexity index is 702. The fraction of sp³-hybridized carbons (Fsp3) is 0.214. The van der Waals surface area contributed by atoms with Crippen molar-refractivity contribution in [2.75, 3.05) is 0 Å². The first-order valence-electron chi connectivity index (χ1n) is 6.28. The number of nitrogens with zero attached hydrogens (tertiary/aromatic N) is 1. The summed E-state index contributed by atoms with van der Waals surface area (Å²) in [6.07, 6.45) is 3.73. The minimum absolute atomic E-state index is 0.000443. The average molecular weight is 418 g/mol. The highest BCUT2D eigenvalue weighted by atomic mass is 127. The van der Waals surface area contributed by atoms with Gasteiger partial charge in [0.1, 0.15) is 0 Å². The van der Waals surface area contributed by atoms with Crippen LogP contribution in [0.25, 0.3) is 0 Å². The molecule has 1 heterocycles. The molecule has 0 atom stereocenters. The number of aromatic nitrogens is 1. The Kier molecular flexibility index (Phi) is 5.68. The quantitative estimate of drug-likeness (QED) is 0.335. The first-order chi connectivity index (χ1) is 9.96. The van der Waals surface area contributed by atoms with Crippen molar-refractivity contribution in [3.63, 3.8) is 0 Å². The maximum Gasteiger partial charge on any atom is 0.173 e. The van der Waals surface area contributed by atoms with Crippen LogP contribution < -0.4 is 9.29 Å². The van der Waals surface area contributed by atoms with E-state index in [0.29, 0.717) is 6.54 Å². The maximum atomic E-state index is 10.6. The molecular formula is C14H15IN2O3S. The molecule has 0 aliphatic heterocycles. The van der Waals surface area contributed by atoms with Gasteiger partial charge in [-0.15, -0.1) is 0 Å². The summed E-state index contributed by atoms with van der Waals surface area (Å²) in [6.45, 7) is 0.694.